The Balaban J connectivity index is 0.880. The van der Waals surface area contributed by atoms with E-state index in [1.54, 1.807) is 0 Å². The first-order valence-electron chi connectivity index (χ1n) is 26.3. The fraction of sp³-hybridized carbons (Fsp3) is 0.0270. The molecular weight excluding hydrogens is 919 g/mol. The highest BCUT2D eigenvalue weighted by molar-refractivity contribution is 6.06. The van der Waals surface area contributed by atoms with Gasteiger partial charge >= 0.3 is 0 Å². The minimum absolute atomic E-state index is 0.457. The monoisotopic (exact) mass is 967 g/mol. The molecule has 0 radical (unpaired) electrons. The largest absolute Gasteiger partial charge is 0.456 e. The molecule has 13 aromatic rings. The molecular formula is C74H49NO. The predicted octanol–water partition coefficient (Wildman–Crippen LogP) is 19.1. The van der Waals surface area contributed by atoms with E-state index in [9.17, 15) is 0 Å². The number of hydrogen-bond acceptors (Lipinski definition) is 2. The van der Waals surface area contributed by atoms with Gasteiger partial charge < -0.3 is 9.32 Å². The summed E-state index contributed by atoms with van der Waals surface area (Å²) in [7, 11) is 0. The molecule has 0 saturated carbocycles. The van der Waals surface area contributed by atoms with E-state index in [4.69, 9.17) is 4.42 Å². The van der Waals surface area contributed by atoms with Gasteiger partial charge in [0.2, 0.25) is 0 Å². The van der Waals surface area contributed by atoms with E-state index in [-0.39, 0.29) is 0 Å². The van der Waals surface area contributed by atoms with Crippen LogP contribution in [0.5, 0.6) is 0 Å². The number of hydrogen-bond donors (Lipinski definition) is 0. The van der Waals surface area contributed by atoms with Gasteiger partial charge in [-0.3, -0.25) is 0 Å². The number of nitrogens with zero attached hydrogens (tertiary/aromatic N) is 1. The molecule has 0 bridgehead atoms. The van der Waals surface area contributed by atoms with Crippen LogP contribution < -0.4 is 4.90 Å². The SMILES string of the molecule is c1ccc(C2(c3ccccc3)c3ccccc3-c3cc(-c4cccc(N(c5cccc(-c6ccc7c(c6)-c6ccccc6C7(c6ccccc6)c6ccccc6)c5)c5ccc6c(c5)oc5ccccc56)c4)ccc32)cc1. The average Bonchev–Trinajstić information content (AvgIpc) is 4.30. The Morgan fingerprint density at radius 2 is 0.618 bits per heavy atom. The Kier molecular flexibility index (Phi) is 10.0. The third kappa shape index (κ3) is 6.54. The van der Waals surface area contributed by atoms with Gasteiger partial charge in [-0.15, -0.1) is 0 Å². The van der Waals surface area contributed by atoms with Crippen LogP contribution in [0.3, 0.4) is 0 Å². The van der Waals surface area contributed by atoms with Gasteiger partial charge in [-0.05, 0) is 144 Å². The highest BCUT2D eigenvalue weighted by Gasteiger charge is 2.47. The van der Waals surface area contributed by atoms with Crippen molar-refractivity contribution in [1.29, 1.82) is 0 Å². The molecule has 0 amide bonds. The molecule has 0 fully saturated rings. The molecule has 0 atom stereocenters. The molecule has 12 aromatic carbocycles. The van der Waals surface area contributed by atoms with Gasteiger partial charge in [-0.25, -0.2) is 0 Å². The summed E-state index contributed by atoms with van der Waals surface area (Å²) in [6.07, 6.45) is 0. The van der Waals surface area contributed by atoms with Crippen LogP contribution in [0.2, 0.25) is 0 Å². The van der Waals surface area contributed by atoms with E-state index in [0.29, 0.717) is 0 Å². The minimum Gasteiger partial charge on any atom is -0.456 e. The van der Waals surface area contributed by atoms with Crippen molar-refractivity contribution >= 4 is 39.0 Å². The summed E-state index contributed by atoms with van der Waals surface area (Å²) in [4.78, 5) is 2.39. The normalized spacial score (nSPS) is 13.5. The van der Waals surface area contributed by atoms with Gasteiger partial charge in [0.15, 0.2) is 0 Å². The van der Waals surface area contributed by atoms with E-state index in [1.165, 1.54) is 66.8 Å². The Morgan fingerprint density at radius 3 is 1.11 bits per heavy atom. The maximum absolute atomic E-state index is 6.58. The van der Waals surface area contributed by atoms with Crippen molar-refractivity contribution in [3.05, 3.63) is 342 Å². The molecule has 0 unspecified atom stereocenters. The van der Waals surface area contributed by atoms with Gasteiger partial charge in [-0.1, -0.05) is 237 Å². The van der Waals surface area contributed by atoms with Crippen LogP contribution in [-0.2, 0) is 10.8 Å². The topological polar surface area (TPSA) is 16.4 Å². The second-order valence-corrected chi connectivity index (χ2v) is 20.3. The maximum Gasteiger partial charge on any atom is 0.137 e. The smallest absolute Gasteiger partial charge is 0.137 e. The van der Waals surface area contributed by atoms with E-state index < -0.39 is 10.8 Å². The maximum atomic E-state index is 6.58. The van der Waals surface area contributed by atoms with Crippen molar-refractivity contribution < 1.29 is 4.42 Å². The lowest BCUT2D eigenvalue weighted by molar-refractivity contribution is 0.669. The van der Waals surface area contributed by atoms with Crippen molar-refractivity contribution in [3.8, 4) is 44.5 Å². The van der Waals surface area contributed by atoms with E-state index in [0.717, 1.165) is 61.3 Å². The molecule has 0 spiro atoms. The molecule has 1 heterocycles. The quantitative estimate of drug-likeness (QED) is 0.143. The molecule has 15 rings (SSSR count). The lowest BCUT2D eigenvalue weighted by Crippen LogP contribution is -2.28. The summed E-state index contributed by atoms with van der Waals surface area (Å²) in [6, 6.07) is 109. The van der Waals surface area contributed by atoms with Crippen LogP contribution in [0.1, 0.15) is 44.5 Å². The molecule has 356 valence electrons. The number of fused-ring (bicyclic) bond motifs is 9. The third-order valence-electron chi connectivity index (χ3n) is 16.4. The van der Waals surface area contributed by atoms with Gasteiger partial charge in [0, 0.05) is 33.9 Å². The standard InChI is InChI=1S/C74H49NO/c1-5-23-54(24-6-1)73(55-25-7-2-8-26-55)67-36-16-13-33-61(67)65-47-52(39-43-69(65)73)50-21-19-31-58(45-50)75(60-41-42-64-63-35-15-18-38-71(63)76-72(64)49-60)59-32-20-22-51(46-59)53-40-44-70-66(48-53)62-34-14-17-37-68(62)74(70,56-27-9-3-10-28-56)57-29-11-4-12-30-57/h1-49H. The first-order valence-corrected chi connectivity index (χ1v) is 26.3. The minimum atomic E-state index is -0.457. The highest BCUT2D eigenvalue weighted by atomic mass is 16.3. The highest BCUT2D eigenvalue weighted by Crippen LogP contribution is 2.58. The summed E-state index contributed by atoms with van der Waals surface area (Å²) >= 11 is 0. The van der Waals surface area contributed by atoms with E-state index >= 15 is 0 Å². The zero-order valence-electron chi connectivity index (χ0n) is 41.6. The van der Waals surface area contributed by atoms with Crippen LogP contribution in [0.15, 0.2) is 302 Å². The van der Waals surface area contributed by atoms with Crippen molar-refractivity contribution in [2.75, 3.05) is 4.90 Å². The van der Waals surface area contributed by atoms with Crippen LogP contribution in [0, 0.1) is 0 Å². The fourth-order valence-electron chi connectivity index (χ4n) is 13.2. The van der Waals surface area contributed by atoms with Crippen molar-refractivity contribution in [1.82, 2.24) is 0 Å². The molecule has 1 aromatic heterocycles. The summed E-state index contributed by atoms with van der Waals surface area (Å²) < 4.78 is 6.58. The molecule has 0 aliphatic heterocycles. The first kappa shape index (κ1) is 43.8. The van der Waals surface area contributed by atoms with E-state index in [2.05, 4.69) is 296 Å². The second-order valence-electron chi connectivity index (χ2n) is 20.3. The number of furan rings is 1. The molecule has 2 nitrogen and oxygen atoms in total. The second kappa shape index (κ2) is 17.4. The Labute approximate surface area is 443 Å². The molecule has 2 heteroatoms. The van der Waals surface area contributed by atoms with Crippen LogP contribution in [0.25, 0.3) is 66.4 Å². The molecule has 0 saturated heterocycles. The summed E-state index contributed by atoms with van der Waals surface area (Å²) in [5, 5.41) is 2.21. The van der Waals surface area contributed by atoms with E-state index in [1.807, 2.05) is 6.07 Å². The number of anilines is 3. The summed E-state index contributed by atoms with van der Waals surface area (Å²) in [5.74, 6) is 0. The Hall–Kier alpha value is -9.76. The molecule has 2 aliphatic carbocycles. The van der Waals surface area contributed by atoms with Gasteiger partial charge in [0.1, 0.15) is 11.2 Å². The van der Waals surface area contributed by atoms with Gasteiger partial charge in [-0.2, -0.15) is 0 Å². The number of benzene rings is 12. The molecule has 0 N–H and O–H groups in total. The van der Waals surface area contributed by atoms with Crippen LogP contribution >= 0.6 is 0 Å². The van der Waals surface area contributed by atoms with Crippen molar-refractivity contribution in [2.45, 2.75) is 10.8 Å². The first-order chi connectivity index (χ1) is 37.7. The third-order valence-corrected chi connectivity index (χ3v) is 16.4. The van der Waals surface area contributed by atoms with Gasteiger partial charge in [0.05, 0.1) is 10.8 Å². The van der Waals surface area contributed by atoms with Gasteiger partial charge in [0.25, 0.3) is 0 Å². The summed E-state index contributed by atoms with van der Waals surface area (Å²) in [5.41, 5.74) is 23.8. The lowest BCUT2D eigenvalue weighted by atomic mass is 9.67. The van der Waals surface area contributed by atoms with Crippen molar-refractivity contribution in [2.24, 2.45) is 0 Å². The Morgan fingerprint density at radius 1 is 0.237 bits per heavy atom. The number of rotatable bonds is 9. The summed E-state index contributed by atoms with van der Waals surface area (Å²) in [6.45, 7) is 0. The van der Waals surface area contributed by atoms with Crippen molar-refractivity contribution in [3.63, 3.8) is 0 Å². The Bertz CT molecular complexity index is 4040. The molecule has 76 heavy (non-hydrogen) atoms. The fourth-order valence-corrected chi connectivity index (χ4v) is 13.2. The van der Waals surface area contributed by atoms with Crippen LogP contribution in [0.4, 0.5) is 17.1 Å². The zero-order valence-corrected chi connectivity index (χ0v) is 41.6. The average molecular weight is 968 g/mol. The lowest BCUT2D eigenvalue weighted by Gasteiger charge is -2.34. The molecule has 2 aliphatic rings. The van der Waals surface area contributed by atoms with Crippen LogP contribution in [-0.4, -0.2) is 0 Å². The number of para-hydroxylation sites is 1. The zero-order chi connectivity index (χ0) is 50.2. The predicted molar refractivity (Wildman–Crippen MR) is 314 cm³/mol.